The molecule has 1 atom stereocenters. The van der Waals surface area contributed by atoms with E-state index in [2.05, 4.69) is 4.98 Å². The van der Waals surface area contributed by atoms with E-state index in [1.54, 1.807) is 36.7 Å². The molecule has 0 unspecified atom stereocenters. The van der Waals surface area contributed by atoms with E-state index in [0.29, 0.717) is 30.3 Å². The molecular formula is C27H25N3O5. The molecule has 0 saturated carbocycles. The summed E-state index contributed by atoms with van der Waals surface area (Å²) in [6, 6.07) is 15.4. The molecule has 178 valence electrons. The van der Waals surface area contributed by atoms with Crippen LogP contribution in [0.15, 0.2) is 72.6 Å². The van der Waals surface area contributed by atoms with Crippen LogP contribution in [-0.2, 0) is 16.1 Å². The highest BCUT2D eigenvalue weighted by Gasteiger charge is 2.46. The minimum atomic E-state index is -0.764. The first-order chi connectivity index (χ1) is 16.9. The molecule has 1 aromatic heterocycles. The van der Waals surface area contributed by atoms with Crippen molar-refractivity contribution >= 4 is 23.1 Å². The normalized spacial score (nSPS) is 18.6. The van der Waals surface area contributed by atoms with Crippen LogP contribution in [0.2, 0.25) is 0 Å². The molecule has 0 aliphatic carbocycles. The van der Waals surface area contributed by atoms with Crippen molar-refractivity contribution < 1.29 is 24.2 Å². The van der Waals surface area contributed by atoms with E-state index in [-0.39, 0.29) is 17.9 Å². The Morgan fingerprint density at radius 3 is 2.49 bits per heavy atom. The molecule has 3 heterocycles. The molecule has 8 nitrogen and oxygen atoms in total. The molecule has 0 radical (unpaired) electrons. The lowest BCUT2D eigenvalue weighted by molar-refractivity contribution is -0.140. The lowest BCUT2D eigenvalue weighted by Gasteiger charge is -2.26. The Hall–Kier alpha value is -4.33. The minimum Gasteiger partial charge on any atom is -0.507 e. The third-order valence-electron chi connectivity index (χ3n) is 6.16. The van der Waals surface area contributed by atoms with Crippen LogP contribution in [0.4, 0.5) is 5.69 Å². The summed E-state index contributed by atoms with van der Waals surface area (Å²) in [5, 5.41) is 11.3. The van der Waals surface area contributed by atoms with Gasteiger partial charge in [0.15, 0.2) is 11.5 Å². The molecule has 1 amide bonds. The lowest BCUT2D eigenvalue weighted by Crippen LogP contribution is -2.29. The number of ketones is 1. The van der Waals surface area contributed by atoms with E-state index in [4.69, 9.17) is 9.47 Å². The number of amides is 1. The van der Waals surface area contributed by atoms with Crippen LogP contribution >= 0.6 is 0 Å². The number of Topliss-reactive ketones (excluding diaryl/α,β-unsaturated/α-hetero) is 1. The lowest BCUT2D eigenvalue weighted by atomic mass is 9.94. The Labute approximate surface area is 203 Å². The number of anilines is 1. The highest BCUT2D eigenvalue weighted by molar-refractivity contribution is 6.46. The summed E-state index contributed by atoms with van der Waals surface area (Å²) in [5.74, 6) is -0.606. The molecule has 5 rings (SSSR count). The van der Waals surface area contributed by atoms with Gasteiger partial charge in [-0.15, -0.1) is 0 Å². The number of carbonyl (C=O) groups excluding carboxylic acids is 2. The number of pyridine rings is 1. The van der Waals surface area contributed by atoms with Crippen molar-refractivity contribution in [2.24, 2.45) is 0 Å². The third kappa shape index (κ3) is 4.19. The average Bonchev–Trinajstić information content (AvgIpc) is 3.13. The highest BCUT2D eigenvalue weighted by Crippen LogP contribution is 2.42. The van der Waals surface area contributed by atoms with Crippen molar-refractivity contribution in [2.45, 2.75) is 12.6 Å². The molecule has 1 saturated heterocycles. The van der Waals surface area contributed by atoms with Crippen LogP contribution in [0, 0.1) is 0 Å². The fourth-order valence-electron chi connectivity index (χ4n) is 4.38. The number of ether oxygens (including phenoxy) is 2. The van der Waals surface area contributed by atoms with Gasteiger partial charge in [-0.25, -0.2) is 0 Å². The molecule has 2 aromatic carbocycles. The summed E-state index contributed by atoms with van der Waals surface area (Å²) >= 11 is 0. The standard InChI is InChI=1S/C27H25N3O5/c1-29(2)20-8-5-18(6-9-20)24-23(25(31)19-7-10-21-22(14-19)35-13-12-34-21)26(32)27(33)30(24)16-17-4-3-11-28-15-17/h3-11,14-15,24,31H,12-13,16H2,1-2H3/t24-/m0/s1. The van der Waals surface area contributed by atoms with E-state index in [0.717, 1.165) is 16.8 Å². The Balaban J connectivity index is 1.62. The van der Waals surface area contributed by atoms with Crippen molar-refractivity contribution in [1.82, 2.24) is 9.88 Å². The minimum absolute atomic E-state index is 0.0353. The number of aliphatic hydroxyl groups excluding tert-OH is 1. The maximum atomic E-state index is 13.3. The molecule has 1 N–H and O–H groups in total. The molecular weight excluding hydrogens is 446 g/mol. The Kier molecular flexibility index (Phi) is 5.86. The number of carbonyl (C=O) groups is 2. The molecule has 3 aromatic rings. The van der Waals surface area contributed by atoms with Gasteiger partial charge in [0.2, 0.25) is 0 Å². The van der Waals surface area contributed by atoms with Gasteiger partial charge in [-0.1, -0.05) is 18.2 Å². The first-order valence-electron chi connectivity index (χ1n) is 11.3. The Bertz CT molecular complexity index is 1300. The van der Waals surface area contributed by atoms with Gasteiger partial charge >= 0.3 is 0 Å². The summed E-state index contributed by atoms with van der Waals surface area (Å²) in [4.78, 5) is 34.1. The Morgan fingerprint density at radius 1 is 1.06 bits per heavy atom. The van der Waals surface area contributed by atoms with Crippen LogP contribution in [0.25, 0.3) is 5.76 Å². The molecule has 0 spiro atoms. The third-order valence-corrected chi connectivity index (χ3v) is 6.16. The molecule has 35 heavy (non-hydrogen) atoms. The van der Waals surface area contributed by atoms with E-state index >= 15 is 0 Å². The predicted octanol–water partition coefficient (Wildman–Crippen LogP) is 3.54. The summed E-state index contributed by atoms with van der Waals surface area (Å²) in [5.41, 5.74) is 2.89. The van der Waals surface area contributed by atoms with Crippen molar-refractivity contribution in [3.05, 3.63) is 89.3 Å². The maximum Gasteiger partial charge on any atom is 0.295 e. The van der Waals surface area contributed by atoms with Crippen LogP contribution in [0.5, 0.6) is 11.5 Å². The number of aliphatic hydroxyl groups is 1. The van der Waals surface area contributed by atoms with Gasteiger partial charge in [0.25, 0.3) is 11.7 Å². The smallest absolute Gasteiger partial charge is 0.295 e. The maximum absolute atomic E-state index is 13.3. The average molecular weight is 472 g/mol. The molecule has 0 bridgehead atoms. The van der Waals surface area contributed by atoms with E-state index in [1.807, 2.05) is 49.3 Å². The second kappa shape index (κ2) is 9.13. The second-order valence-corrected chi connectivity index (χ2v) is 8.63. The molecule has 2 aliphatic heterocycles. The van der Waals surface area contributed by atoms with Crippen molar-refractivity contribution in [3.8, 4) is 11.5 Å². The topological polar surface area (TPSA) is 92.2 Å². The quantitative estimate of drug-likeness (QED) is 0.346. The Morgan fingerprint density at radius 2 is 1.80 bits per heavy atom. The van der Waals surface area contributed by atoms with Gasteiger partial charge in [-0.05, 0) is 47.5 Å². The fourth-order valence-corrected chi connectivity index (χ4v) is 4.38. The van der Waals surface area contributed by atoms with Crippen LogP contribution in [-0.4, -0.2) is 54.0 Å². The molecule has 2 aliphatic rings. The van der Waals surface area contributed by atoms with Crippen LogP contribution in [0.3, 0.4) is 0 Å². The summed E-state index contributed by atoms with van der Waals surface area (Å²) in [6.45, 7) is 1.02. The fraction of sp³-hybridized carbons (Fsp3) is 0.222. The zero-order chi connectivity index (χ0) is 24.5. The summed E-state index contributed by atoms with van der Waals surface area (Å²) < 4.78 is 11.2. The first-order valence-corrected chi connectivity index (χ1v) is 11.3. The number of rotatable bonds is 5. The monoisotopic (exact) mass is 471 g/mol. The number of nitrogens with zero attached hydrogens (tertiary/aromatic N) is 3. The van der Waals surface area contributed by atoms with Gasteiger partial charge in [0, 0.05) is 44.3 Å². The van der Waals surface area contributed by atoms with Gasteiger partial charge < -0.3 is 24.4 Å². The zero-order valence-corrected chi connectivity index (χ0v) is 19.5. The van der Waals surface area contributed by atoms with Crippen molar-refractivity contribution in [1.29, 1.82) is 0 Å². The second-order valence-electron chi connectivity index (χ2n) is 8.63. The number of hydrogen-bond donors (Lipinski definition) is 1. The van der Waals surface area contributed by atoms with E-state index in [9.17, 15) is 14.7 Å². The summed E-state index contributed by atoms with van der Waals surface area (Å²) in [7, 11) is 3.87. The van der Waals surface area contributed by atoms with Gasteiger partial charge in [0.1, 0.15) is 19.0 Å². The van der Waals surface area contributed by atoms with Gasteiger partial charge in [-0.2, -0.15) is 0 Å². The SMILES string of the molecule is CN(C)c1ccc([C@H]2C(=C(O)c3ccc4c(c3)OCCO4)C(=O)C(=O)N2Cc2cccnc2)cc1. The number of fused-ring (bicyclic) bond motifs is 1. The van der Waals surface area contributed by atoms with Crippen molar-refractivity contribution in [3.63, 3.8) is 0 Å². The summed E-state index contributed by atoms with van der Waals surface area (Å²) in [6.07, 6.45) is 3.31. The van der Waals surface area contributed by atoms with Crippen LogP contribution in [0.1, 0.15) is 22.7 Å². The highest BCUT2D eigenvalue weighted by atomic mass is 16.6. The molecule has 1 fully saturated rings. The first kappa shape index (κ1) is 22.5. The molecule has 8 heteroatoms. The van der Waals surface area contributed by atoms with E-state index < -0.39 is 17.7 Å². The number of benzene rings is 2. The number of likely N-dealkylation sites (tertiary alicyclic amines) is 1. The predicted molar refractivity (Wildman–Crippen MR) is 130 cm³/mol. The van der Waals surface area contributed by atoms with Crippen LogP contribution < -0.4 is 14.4 Å². The zero-order valence-electron chi connectivity index (χ0n) is 19.5. The number of aromatic nitrogens is 1. The largest absolute Gasteiger partial charge is 0.507 e. The van der Waals surface area contributed by atoms with Crippen molar-refractivity contribution in [2.75, 3.05) is 32.2 Å². The van der Waals surface area contributed by atoms with Gasteiger partial charge in [-0.3, -0.25) is 14.6 Å². The van der Waals surface area contributed by atoms with E-state index in [1.165, 1.54) is 4.90 Å². The van der Waals surface area contributed by atoms with Gasteiger partial charge in [0.05, 0.1) is 11.6 Å². The number of hydrogen-bond acceptors (Lipinski definition) is 7.